The molecule has 0 spiro atoms. The van der Waals surface area contributed by atoms with E-state index >= 15 is 0 Å². The predicted molar refractivity (Wildman–Crippen MR) is 52.8 cm³/mol. The smallest absolute Gasteiger partial charge is 0.203 e. The molecule has 1 aromatic rings. The summed E-state index contributed by atoms with van der Waals surface area (Å²) in [4.78, 5) is 0. The third kappa shape index (κ3) is 3.13. The van der Waals surface area contributed by atoms with Crippen LogP contribution in [0.15, 0.2) is 17.0 Å². The quantitative estimate of drug-likeness (QED) is 0.463. The predicted octanol–water partition coefficient (Wildman–Crippen LogP) is 2.05. The summed E-state index contributed by atoms with van der Waals surface area (Å²) in [5, 5.41) is 8.04. The molecule has 0 saturated heterocycles. The van der Waals surface area contributed by atoms with E-state index in [0.29, 0.717) is 5.13 Å². The van der Waals surface area contributed by atoms with Crippen LogP contribution in [0.3, 0.4) is 0 Å². The lowest BCUT2D eigenvalue weighted by Crippen LogP contribution is -1.79. The Kier molecular flexibility index (Phi) is 3.74. The molecule has 60 valence electrons. The van der Waals surface area contributed by atoms with Crippen LogP contribution in [-0.2, 0) is 0 Å². The maximum atomic E-state index is 5.38. The summed E-state index contributed by atoms with van der Waals surface area (Å²) in [6, 6.07) is 0. The molecule has 0 radical (unpaired) electrons. The Labute approximate surface area is 76.9 Å². The molecular formula is C5H7N3S3. The zero-order valence-corrected chi connectivity index (χ0v) is 8.14. The topological polar surface area (TPSA) is 51.8 Å². The van der Waals surface area contributed by atoms with Crippen molar-refractivity contribution < 1.29 is 0 Å². The van der Waals surface area contributed by atoms with E-state index in [-0.39, 0.29) is 0 Å². The molecule has 0 atom stereocenters. The van der Waals surface area contributed by atoms with Gasteiger partial charge in [0.2, 0.25) is 5.13 Å². The van der Waals surface area contributed by atoms with Crippen LogP contribution < -0.4 is 5.73 Å². The van der Waals surface area contributed by atoms with E-state index in [1.165, 1.54) is 11.3 Å². The maximum absolute atomic E-state index is 5.38. The Hall–Kier alpha value is -0.200. The van der Waals surface area contributed by atoms with Gasteiger partial charge in [0, 0.05) is 5.75 Å². The van der Waals surface area contributed by atoms with Crippen molar-refractivity contribution in [1.29, 1.82) is 0 Å². The Morgan fingerprint density at radius 3 is 3.00 bits per heavy atom. The van der Waals surface area contributed by atoms with Crippen molar-refractivity contribution in [2.45, 2.75) is 4.34 Å². The van der Waals surface area contributed by atoms with Gasteiger partial charge in [0.25, 0.3) is 0 Å². The van der Waals surface area contributed by atoms with E-state index in [1.807, 2.05) is 6.08 Å². The van der Waals surface area contributed by atoms with Crippen molar-refractivity contribution in [1.82, 2.24) is 10.2 Å². The number of nitrogen functional groups attached to an aromatic ring is 1. The van der Waals surface area contributed by atoms with Gasteiger partial charge in [-0.2, -0.15) is 0 Å². The van der Waals surface area contributed by atoms with Crippen LogP contribution in [0.1, 0.15) is 0 Å². The lowest BCUT2D eigenvalue weighted by atomic mass is 10.8. The molecule has 0 aliphatic carbocycles. The number of aromatic nitrogens is 2. The Balaban J connectivity index is 2.32. The third-order valence-electron chi connectivity index (χ3n) is 0.738. The van der Waals surface area contributed by atoms with E-state index in [0.717, 1.165) is 10.1 Å². The van der Waals surface area contributed by atoms with Gasteiger partial charge in [0.05, 0.1) is 0 Å². The third-order valence-corrected chi connectivity index (χ3v) is 4.05. The second kappa shape index (κ2) is 4.63. The SMILES string of the molecule is C=CCSSc1nnc(N)s1. The molecule has 1 rings (SSSR count). The second-order valence-electron chi connectivity index (χ2n) is 1.56. The summed E-state index contributed by atoms with van der Waals surface area (Å²) in [7, 11) is 3.25. The average Bonchev–Trinajstić information content (AvgIpc) is 2.37. The van der Waals surface area contributed by atoms with Gasteiger partial charge in [-0.3, -0.25) is 0 Å². The fourth-order valence-corrected chi connectivity index (χ4v) is 3.09. The summed E-state index contributed by atoms with van der Waals surface area (Å²) in [5.74, 6) is 0.907. The largest absolute Gasteiger partial charge is 0.374 e. The number of rotatable bonds is 4. The molecule has 0 amide bonds. The minimum atomic E-state index is 0.520. The van der Waals surface area contributed by atoms with Crippen molar-refractivity contribution in [2.75, 3.05) is 11.5 Å². The number of hydrogen-bond donors (Lipinski definition) is 1. The van der Waals surface area contributed by atoms with Gasteiger partial charge >= 0.3 is 0 Å². The van der Waals surface area contributed by atoms with Gasteiger partial charge in [0.1, 0.15) is 0 Å². The van der Waals surface area contributed by atoms with Crippen molar-refractivity contribution in [3.63, 3.8) is 0 Å². The van der Waals surface area contributed by atoms with Crippen molar-refractivity contribution >= 4 is 38.1 Å². The average molecular weight is 205 g/mol. The molecule has 0 aliphatic rings. The van der Waals surface area contributed by atoms with E-state index < -0.39 is 0 Å². The first-order valence-corrected chi connectivity index (χ1v) is 5.96. The molecule has 0 unspecified atom stereocenters. The molecule has 3 nitrogen and oxygen atoms in total. The molecule has 6 heteroatoms. The van der Waals surface area contributed by atoms with Crippen molar-refractivity contribution in [3.8, 4) is 0 Å². The van der Waals surface area contributed by atoms with E-state index in [2.05, 4.69) is 16.8 Å². The zero-order chi connectivity index (χ0) is 8.10. The second-order valence-corrected chi connectivity index (χ2v) is 5.16. The Morgan fingerprint density at radius 1 is 1.64 bits per heavy atom. The molecule has 1 heterocycles. The van der Waals surface area contributed by atoms with Crippen LogP contribution in [-0.4, -0.2) is 16.0 Å². The number of nitrogens with two attached hydrogens (primary N) is 1. The summed E-state index contributed by atoms with van der Waals surface area (Å²) >= 11 is 1.40. The van der Waals surface area contributed by atoms with Crippen molar-refractivity contribution in [2.24, 2.45) is 0 Å². The van der Waals surface area contributed by atoms with Crippen LogP contribution in [0.5, 0.6) is 0 Å². The highest BCUT2D eigenvalue weighted by atomic mass is 33.1. The van der Waals surface area contributed by atoms with Crippen LogP contribution in [0.4, 0.5) is 5.13 Å². The minimum Gasteiger partial charge on any atom is -0.374 e. The number of hydrogen-bond acceptors (Lipinski definition) is 6. The first kappa shape index (κ1) is 8.89. The fraction of sp³-hybridized carbons (Fsp3) is 0.200. The summed E-state index contributed by atoms with van der Waals surface area (Å²) in [6.45, 7) is 3.61. The molecule has 0 bridgehead atoms. The first-order chi connectivity index (χ1) is 5.33. The summed E-state index contributed by atoms with van der Waals surface area (Å²) in [6.07, 6.45) is 1.85. The summed E-state index contributed by atoms with van der Waals surface area (Å²) in [5.41, 5.74) is 5.38. The minimum absolute atomic E-state index is 0.520. The number of nitrogens with zero attached hydrogens (tertiary/aromatic N) is 2. The molecule has 0 fully saturated rings. The maximum Gasteiger partial charge on any atom is 0.203 e. The molecule has 2 N–H and O–H groups in total. The van der Waals surface area contributed by atoms with E-state index in [4.69, 9.17) is 5.73 Å². The zero-order valence-electron chi connectivity index (χ0n) is 5.69. The van der Waals surface area contributed by atoms with Gasteiger partial charge in [-0.1, -0.05) is 28.2 Å². The highest BCUT2D eigenvalue weighted by molar-refractivity contribution is 8.77. The van der Waals surface area contributed by atoms with Gasteiger partial charge < -0.3 is 5.73 Å². The lowest BCUT2D eigenvalue weighted by molar-refractivity contribution is 1.02. The van der Waals surface area contributed by atoms with Crippen LogP contribution in [0.2, 0.25) is 0 Å². The molecule has 1 aromatic heterocycles. The van der Waals surface area contributed by atoms with Gasteiger partial charge in [0.15, 0.2) is 4.34 Å². The molecule has 0 aromatic carbocycles. The lowest BCUT2D eigenvalue weighted by Gasteiger charge is -1.88. The molecule has 11 heavy (non-hydrogen) atoms. The van der Waals surface area contributed by atoms with Gasteiger partial charge in [-0.15, -0.1) is 16.8 Å². The standard InChI is InChI=1S/C5H7N3S3/c1-2-3-9-11-5-8-7-4(6)10-5/h2H,1,3H2,(H2,6,7). The molecular weight excluding hydrogens is 198 g/mol. The van der Waals surface area contributed by atoms with Crippen LogP contribution in [0, 0.1) is 0 Å². The number of anilines is 1. The molecule has 0 saturated carbocycles. The van der Waals surface area contributed by atoms with E-state index in [9.17, 15) is 0 Å². The summed E-state index contributed by atoms with van der Waals surface area (Å²) < 4.78 is 0.898. The molecule has 0 aliphatic heterocycles. The van der Waals surface area contributed by atoms with Crippen LogP contribution in [0.25, 0.3) is 0 Å². The first-order valence-electron chi connectivity index (χ1n) is 2.82. The van der Waals surface area contributed by atoms with Gasteiger partial charge in [-0.05, 0) is 10.8 Å². The fourth-order valence-electron chi connectivity index (χ4n) is 0.387. The monoisotopic (exact) mass is 205 g/mol. The van der Waals surface area contributed by atoms with Gasteiger partial charge in [-0.25, -0.2) is 0 Å². The normalized spacial score (nSPS) is 9.82. The van der Waals surface area contributed by atoms with Crippen LogP contribution >= 0.6 is 32.9 Å². The van der Waals surface area contributed by atoms with E-state index in [1.54, 1.807) is 21.6 Å². The highest BCUT2D eigenvalue weighted by Gasteiger charge is 1.99. The Morgan fingerprint density at radius 2 is 2.45 bits per heavy atom. The van der Waals surface area contributed by atoms with Crippen molar-refractivity contribution in [3.05, 3.63) is 12.7 Å². The highest BCUT2D eigenvalue weighted by Crippen LogP contribution is 2.33. The Bertz CT molecular complexity index is 235.